The summed E-state index contributed by atoms with van der Waals surface area (Å²) < 4.78 is 0. The first-order valence-electron chi connectivity index (χ1n) is 4.53. The number of carbonyl (C=O) groups is 1. The molecule has 0 spiro atoms. The molecule has 76 valence electrons. The normalized spacial score (nSPS) is 12.9. The van der Waals surface area contributed by atoms with Gasteiger partial charge in [-0.2, -0.15) is 0 Å². The molecule has 4 heteroatoms. The Morgan fingerprint density at radius 1 is 1.36 bits per heavy atom. The van der Waals surface area contributed by atoms with Gasteiger partial charge in [-0.05, 0) is 12.8 Å². The Morgan fingerprint density at radius 2 is 2.00 bits per heavy atom. The van der Waals surface area contributed by atoms with Crippen molar-refractivity contribution >= 4 is 5.97 Å². The molecule has 14 heavy (non-hydrogen) atoms. The van der Waals surface area contributed by atoms with Crippen molar-refractivity contribution in [1.29, 1.82) is 0 Å². The smallest absolute Gasteiger partial charge is 0.312 e. The molecule has 1 N–H and O–H groups in total. The quantitative estimate of drug-likeness (QED) is 0.794. The van der Waals surface area contributed by atoms with E-state index in [1.807, 2.05) is 20.8 Å². The van der Waals surface area contributed by atoms with Gasteiger partial charge in [0.2, 0.25) is 0 Å². The van der Waals surface area contributed by atoms with Crippen LogP contribution in [0.5, 0.6) is 0 Å². The summed E-state index contributed by atoms with van der Waals surface area (Å²) in [5.41, 5.74) is 1.32. The predicted octanol–water partition coefficient (Wildman–Crippen LogP) is 1.61. The number of aryl methyl sites for hydroxylation is 1. The second-order valence-electron chi connectivity index (χ2n) is 3.64. The third-order valence-electron chi connectivity index (χ3n) is 2.05. The molecule has 1 atom stereocenters. The first-order chi connectivity index (χ1) is 6.52. The van der Waals surface area contributed by atoms with E-state index in [2.05, 4.69) is 9.97 Å². The van der Waals surface area contributed by atoms with Gasteiger partial charge in [0.1, 0.15) is 5.92 Å². The van der Waals surface area contributed by atoms with Crippen LogP contribution in [0.15, 0.2) is 12.4 Å². The van der Waals surface area contributed by atoms with Gasteiger partial charge in [-0.1, -0.05) is 13.8 Å². The zero-order chi connectivity index (χ0) is 10.7. The summed E-state index contributed by atoms with van der Waals surface area (Å²) in [6.07, 6.45) is 3.13. The van der Waals surface area contributed by atoms with Gasteiger partial charge in [-0.15, -0.1) is 0 Å². The maximum Gasteiger partial charge on any atom is 0.312 e. The van der Waals surface area contributed by atoms with Crippen LogP contribution >= 0.6 is 0 Å². The standard InChI is InChI=1S/C10H14N2O2/c1-6(2)9(10(13)14)8-5-11-7(3)4-12-8/h4-6,9H,1-3H3,(H,13,14). The minimum Gasteiger partial charge on any atom is -0.481 e. The number of hydrogen-bond donors (Lipinski definition) is 1. The molecule has 0 aliphatic rings. The summed E-state index contributed by atoms with van der Waals surface area (Å²) in [6, 6.07) is 0. The Balaban J connectivity index is 3.00. The predicted molar refractivity (Wildman–Crippen MR) is 52.0 cm³/mol. The molecule has 0 saturated carbocycles. The molecule has 1 aromatic rings. The molecule has 0 saturated heterocycles. The van der Waals surface area contributed by atoms with Crippen molar-refractivity contribution in [2.24, 2.45) is 5.92 Å². The van der Waals surface area contributed by atoms with E-state index in [0.29, 0.717) is 5.69 Å². The Hall–Kier alpha value is -1.45. The van der Waals surface area contributed by atoms with E-state index in [4.69, 9.17) is 5.11 Å². The maximum atomic E-state index is 11.0. The first-order valence-corrected chi connectivity index (χ1v) is 4.53. The largest absolute Gasteiger partial charge is 0.481 e. The van der Waals surface area contributed by atoms with E-state index in [1.54, 1.807) is 6.20 Å². The van der Waals surface area contributed by atoms with Crippen LogP contribution in [0.1, 0.15) is 31.2 Å². The Morgan fingerprint density at radius 3 is 2.36 bits per heavy atom. The number of carboxylic acid groups (broad SMARTS) is 1. The van der Waals surface area contributed by atoms with Crippen LogP contribution in [0.4, 0.5) is 0 Å². The van der Waals surface area contributed by atoms with Crippen LogP contribution in [0.3, 0.4) is 0 Å². The van der Waals surface area contributed by atoms with Crippen molar-refractivity contribution in [2.45, 2.75) is 26.7 Å². The maximum absolute atomic E-state index is 11.0. The van der Waals surface area contributed by atoms with E-state index in [1.165, 1.54) is 6.20 Å². The fourth-order valence-electron chi connectivity index (χ4n) is 1.32. The fourth-order valence-corrected chi connectivity index (χ4v) is 1.32. The van der Waals surface area contributed by atoms with Crippen LogP contribution in [-0.4, -0.2) is 21.0 Å². The van der Waals surface area contributed by atoms with Crippen molar-refractivity contribution in [3.8, 4) is 0 Å². The van der Waals surface area contributed by atoms with Gasteiger partial charge in [0.15, 0.2) is 0 Å². The Labute approximate surface area is 83.0 Å². The summed E-state index contributed by atoms with van der Waals surface area (Å²) in [5, 5.41) is 9.00. The van der Waals surface area contributed by atoms with E-state index >= 15 is 0 Å². The zero-order valence-corrected chi connectivity index (χ0v) is 8.56. The number of carboxylic acids is 1. The molecule has 4 nitrogen and oxygen atoms in total. The molecule has 1 unspecified atom stereocenters. The molecule has 0 radical (unpaired) electrons. The molecule has 0 aliphatic carbocycles. The average Bonchev–Trinajstić information content (AvgIpc) is 2.07. The lowest BCUT2D eigenvalue weighted by molar-refractivity contribution is -0.140. The second kappa shape index (κ2) is 4.17. The van der Waals surface area contributed by atoms with E-state index < -0.39 is 11.9 Å². The molecule has 1 heterocycles. The molecule has 0 fully saturated rings. The third-order valence-corrected chi connectivity index (χ3v) is 2.05. The van der Waals surface area contributed by atoms with Crippen LogP contribution in [-0.2, 0) is 4.79 Å². The van der Waals surface area contributed by atoms with Gasteiger partial charge < -0.3 is 5.11 Å². The van der Waals surface area contributed by atoms with E-state index in [9.17, 15) is 4.79 Å². The monoisotopic (exact) mass is 194 g/mol. The highest BCUT2D eigenvalue weighted by atomic mass is 16.4. The average molecular weight is 194 g/mol. The number of aliphatic carboxylic acids is 1. The Bertz CT molecular complexity index is 319. The van der Waals surface area contributed by atoms with Crippen LogP contribution in [0.25, 0.3) is 0 Å². The summed E-state index contributed by atoms with van der Waals surface area (Å²) in [7, 11) is 0. The lowest BCUT2D eigenvalue weighted by Gasteiger charge is -2.14. The SMILES string of the molecule is Cc1cnc(C(C(=O)O)C(C)C)cn1. The molecule has 0 bridgehead atoms. The highest BCUT2D eigenvalue weighted by Crippen LogP contribution is 2.21. The van der Waals surface area contributed by atoms with Crippen molar-refractivity contribution < 1.29 is 9.90 Å². The Kier molecular flexibility index (Phi) is 3.17. The zero-order valence-electron chi connectivity index (χ0n) is 8.56. The lowest BCUT2D eigenvalue weighted by Crippen LogP contribution is -2.19. The molecule has 1 aromatic heterocycles. The number of aromatic nitrogens is 2. The second-order valence-corrected chi connectivity index (χ2v) is 3.64. The van der Waals surface area contributed by atoms with Gasteiger partial charge in [0, 0.05) is 12.4 Å². The van der Waals surface area contributed by atoms with Crippen molar-refractivity contribution in [3.05, 3.63) is 23.8 Å². The first kappa shape index (κ1) is 10.6. The highest BCUT2D eigenvalue weighted by molar-refractivity contribution is 5.75. The van der Waals surface area contributed by atoms with Crippen LogP contribution in [0.2, 0.25) is 0 Å². The number of hydrogen-bond acceptors (Lipinski definition) is 3. The summed E-state index contributed by atoms with van der Waals surface area (Å²) in [6.45, 7) is 5.54. The summed E-state index contributed by atoms with van der Waals surface area (Å²) in [4.78, 5) is 19.1. The molecule has 1 rings (SSSR count). The minimum absolute atomic E-state index is 0.0181. The van der Waals surface area contributed by atoms with Gasteiger partial charge in [-0.25, -0.2) is 0 Å². The van der Waals surface area contributed by atoms with Crippen LogP contribution in [0, 0.1) is 12.8 Å². The number of nitrogens with zero attached hydrogens (tertiary/aromatic N) is 2. The van der Waals surface area contributed by atoms with Gasteiger partial charge in [0.25, 0.3) is 0 Å². The van der Waals surface area contributed by atoms with Gasteiger partial charge >= 0.3 is 5.97 Å². The summed E-state index contributed by atoms with van der Waals surface area (Å²) >= 11 is 0. The molecule has 0 aromatic carbocycles. The topological polar surface area (TPSA) is 63.1 Å². The van der Waals surface area contributed by atoms with Gasteiger partial charge in [-0.3, -0.25) is 14.8 Å². The lowest BCUT2D eigenvalue weighted by atomic mass is 9.93. The van der Waals surface area contributed by atoms with E-state index in [-0.39, 0.29) is 5.92 Å². The molecule has 0 aliphatic heterocycles. The fraction of sp³-hybridized carbons (Fsp3) is 0.500. The van der Waals surface area contributed by atoms with E-state index in [0.717, 1.165) is 5.69 Å². The molecular formula is C10H14N2O2. The van der Waals surface area contributed by atoms with Crippen molar-refractivity contribution in [1.82, 2.24) is 9.97 Å². The number of rotatable bonds is 3. The van der Waals surface area contributed by atoms with Crippen LogP contribution < -0.4 is 0 Å². The molecule has 0 amide bonds. The highest BCUT2D eigenvalue weighted by Gasteiger charge is 2.24. The van der Waals surface area contributed by atoms with Crippen molar-refractivity contribution in [3.63, 3.8) is 0 Å². The van der Waals surface area contributed by atoms with Crippen molar-refractivity contribution in [2.75, 3.05) is 0 Å². The molecular weight excluding hydrogens is 180 g/mol. The minimum atomic E-state index is -0.849. The third kappa shape index (κ3) is 2.28. The van der Waals surface area contributed by atoms with Gasteiger partial charge in [0.05, 0.1) is 11.4 Å². The summed E-state index contributed by atoms with van der Waals surface area (Å²) in [5.74, 6) is -1.40.